The highest BCUT2D eigenvalue weighted by Gasteiger charge is 2.21. The van der Waals surface area contributed by atoms with Crippen molar-refractivity contribution < 1.29 is 0 Å². The molecule has 0 aliphatic carbocycles. The van der Waals surface area contributed by atoms with E-state index in [9.17, 15) is 0 Å². The summed E-state index contributed by atoms with van der Waals surface area (Å²) in [6, 6.07) is 72.0. The number of fused-ring (bicyclic) bond motifs is 3. The maximum Gasteiger partial charge on any atom is 0.235 e. The van der Waals surface area contributed by atoms with Crippen molar-refractivity contribution in [2.45, 2.75) is 0 Å². The van der Waals surface area contributed by atoms with Gasteiger partial charge >= 0.3 is 0 Å². The summed E-state index contributed by atoms with van der Waals surface area (Å²) in [7, 11) is 0. The predicted molar refractivity (Wildman–Crippen MR) is 245 cm³/mol. The summed E-state index contributed by atoms with van der Waals surface area (Å²) in [6.07, 6.45) is 0. The molecule has 3 heterocycles. The van der Waals surface area contributed by atoms with Crippen LogP contribution in [-0.2, 0) is 0 Å². The number of nitrogens with zero attached hydrogens (tertiary/aromatic N) is 3. The fourth-order valence-corrected chi connectivity index (χ4v) is 9.83. The van der Waals surface area contributed by atoms with Crippen LogP contribution in [-0.4, -0.2) is 14.5 Å². The molecule has 0 atom stereocenters. The summed E-state index contributed by atoms with van der Waals surface area (Å²) in [4.78, 5) is 10.8. The number of benzene rings is 9. The highest BCUT2D eigenvalue weighted by Crippen LogP contribution is 2.43. The summed E-state index contributed by atoms with van der Waals surface area (Å²) >= 11 is 1.85. The van der Waals surface area contributed by atoms with Gasteiger partial charge in [-0.1, -0.05) is 158 Å². The van der Waals surface area contributed by atoms with Crippen molar-refractivity contribution in [3.8, 4) is 61.8 Å². The van der Waals surface area contributed by atoms with Crippen molar-refractivity contribution in [3.63, 3.8) is 0 Å². The molecule has 0 aliphatic rings. The Morgan fingerprint density at radius 1 is 0.328 bits per heavy atom. The van der Waals surface area contributed by atoms with Crippen LogP contribution in [0.5, 0.6) is 0 Å². The van der Waals surface area contributed by atoms with E-state index in [4.69, 9.17) is 9.97 Å². The first-order valence-corrected chi connectivity index (χ1v) is 20.5. The van der Waals surface area contributed by atoms with Crippen LogP contribution in [0.4, 0.5) is 0 Å². The summed E-state index contributed by atoms with van der Waals surface area (Å²) in [5.74, 6) is 0.646. The van der Waals surface area contributed by atoms with Crippen LogP contribution in [0.15, 0.2) is 200 Å². The van der Waals surface area contributed by atoms with Gasteiger partial charge in [0.15, 0.2) is 0 Å². The molecule has 9 aromatic carbocycles. The second-order valence-electron chi connectivity index (χ2n) is 15.0. The monoisotopic (exact) mass is 755 g/mol. The molecule has 0 saturated heterocycles. The number of thiophene rings is 1. The third-order valence-corrected chi connectivity index (χ3v) is 12.7. The number of hydrogen-bond donors (Lipinski definition) is 0. The Bertz CT molecular complexity index is 3370. The van der Waals surface area contributed by atoms with E-state index in [2.05, 4.69) is 205 Å². The first-order chi connectivity index (χ1) is 28.7. The fraction of sp³-hybridized carbons (Fsp3) is 0. The van der Waals surface area contributed by atoms with Crippen molar-refractivity contribution in [2.24, 2.45) is 0 Å². The smallest absolute Gasteiger partial charge is 0.235 e. The van der Waals surface area contributed by atoms with Gasteiger partial charge in [-0.05, 0) is 86.6 Å². The van der Waals surface area contributed by atoms with Crippen molar-refractivity contribution in [2.75, 3.05) is 0 Å². The van der Waals surface area contributed by atoms with Crippen LogP contribution in [0, 0.1) is 0 Å². The Kier molecular flexibility index (Phi) is 7.40. The van der Waals surface area contributed by atoms with Crippen LogP contribution >= 0.6 is 11.3 Å². The first-order valence-electron chi connectivity index (χ1n) is 19.6. The minimum Gasteiger partial charge on any atom is -0.278 e. The normalized spacial score (nSPS) is 11.8. The zero-order valence-electron chi connectivity index (χ0n) is 31.3. The second-order valence-corrected chi connectivity index (χ2v) is 16.1. The molecule has 3 aromatic heterocycles. The number of hydrogen-bond acceptors (Lipinski definition) is 3. The second kappa shape index (κ2) is 13.1. The van der Waals surface area contributed by atoms with Gasteiger partial charge in [0, 0.05) is 42.1 Å². The molecule has 4 heteroatoms. The molecule has 0 unspecified atom stereocenters. The molecule has 0 fully saturated rings. The molecular formula is C54H33N3S. The van der Waals surface area contributed by atoms with Gasteiger partial charge in [0.1, 0.15) is 0 Å². The van der Waals surface area contributed by atoms with Crippen LogP contribution in [0.1, 0.15) is 0 Å². The lowest BCUT2D eigenvalue weighted by molar-refractivity contribution is 0.996. The molecule has 0 radical (unpaired) electrons. The first kappa shape index (κ1) is 32.8. The van der Waals surface area contributed by atoms with Gasteiger partial charge in [-0.3, -0.25) is 4.57 Å². The largest absolute Gasteiger partial charge is 0.278 e. The minimum atomic E-state index is 0.646. The highest BCUT2D eigenvalue weighted by atomic mass is 32.1. The van der Waals surface area contributed by atoms with E-state index in [0.717, 1.165) is 33.5 Å². The molecule has 0 amide bonds. The Morgan fingerprint density at radius 2 is 0.879 bits per heavy atom. The SMILES string of the molecule is c1ccc(-c2ccc(-c3cc(-c4ccc(-c5ccccc5)cc4)nc(-n4c5cccc6ccc7cc(-c8ccc9sc%10ccccc%10c9c8)cc4c7c65)n3)cc2)cc1. The van der Waals surface area contributed by atoms with Gasteiger partial charge in [-0.15, -0.1) is 11.3 Å². The summed E-state index contributed by atoms with van der Waals surface area (Å²) in [5, 5.41) is 7.47. The summed E-state index contributed by atoms with van der Waals surface area (Å²) in [6.45, 7) is 0. The van der Waals surface area contributed by atoms with Gasteiger partial charge in [-0.25, -0.2) is 9.97 Å². The molecule has 0 aliphatic heterocycles. The van der Waals surface area contributed by atoms with Crippen LogP contribution < -0.4 is 0 Å². The maximum absolute atomic E-state index is 5.42. The average molecular weight is 756 g/mol. The number of rotatable bonds is 6. The Balaban J connectivity index is 1.08. The van der Waals surface area contributed by atoms with Gasteiger partial charge in [-0.2, -0.15) is 0 Å². The molecule has 12 rings (SSSR count). The molecule has 0 N–H and O–H groups in total. The molecule has 12 aromatic rings. The summed E-state index contributed by atoms with van der Waals surface area (Å²) in [5.41, 5.74) is 13.1. The van der Waals surface area contributed by atoms with Crippen LogP contribution in [0.25, 0.3) is 115 Å². The van der Waals surface area contributed by atoms with Crippen molar-refractivity contribution >= 4 is 64.1 Å². The molecule has 3 nitrogen and oxygen atoms in total. The van der Waals surface area contributed by atoms with E-state index in [1.54, 1.807) is 0 Å². The third-order valence-electron chi connectivity index (χ3n) is 11.6. The van der Waals surface area contributed by atoms with Crippen molar-refractivity contribution in [3.05, 3.63) is 200 Å². The Labute approximate surface area is 339 Å². The van der Waals surface area contributed by atoms with E-state index in [1.165, 1.54) is 75.1 Å². The van der Waals surface area contributed by atoms with E-state index in [0.29, 0.717) is 5.95 Å². The molecule has 270 valence electrons. The Morgan fingerprint density at radius 3 is 1.57 bits per heavy atom. The Hall–Kier alpha value is -7.40. The van der Waals surface area contributed by atoms with E-state index in [-0.39, 0.29) is 0 Å². The standard InChI is InChI=1S/C54H33N3S/c1-3-10-34(11-4-1)36-18-22-38(23-19-36)46-33-47(39-24-20-37(21-25-39)35-12-5-2-6-13-35)56-54(55-46)57-48-16-9-14-40-26-27-42-30-43(32-49(57)53(42)52(40)48)41-28-29-51-45(31-41)44-15-7-8-17-50(44)58-51/h1-33H. The summed E-state index contributed by atoms with van der Waals surface area (Å²) < 4.78 is 4.90. The van der Waals surface area contributed by atoms with Crippen molar-refractivity contribution in [1.82, 2.24) is 14.5 Å². The van der Waals surface area contributed by atoms with E-state index >= 15 is 0 Å². The molecule has 0 spiro atoms. The van der Waals surface area contributed by atoms with Crippen molar-refractivity contribution in [1.29, 1.82) is 0 Å². The highest BCUT2D eigenvalue weighted by molar-refractivity contribution is 7.25. The number of aromatic nitrogens is 3. The predicted octanol–water partition coefficient (Wildman–Crippen LogP) is 14.9. The zero-order valence-corrected chi connectivity index (χ0v) is 32.1. The van der Waals surface area contributed by atoms with E-state index < -0.39 is 0 Å². The van der Waals surface area contributed by atoms with Crippen LogP contribution in [0.3, 0.4) is 0 Å². The fourth-order valence-electron chi connectivity index (χ4n) is 8.74. The minimum absolute atomic E-state index is 0.646. The lowest BCUT2D eigenvalue weighted by Gasteiger charge is -2.13. The molecule has 0 saturated carbocycles. The lowest BCUT2D eigenvalue weighted by Crippen LogP contribution is -2.04. The van der Waals surface area contributed by atoms with Gasteiger partial charge in [0.05, 0.1) is 22.4 Å². The quantitative estimate of drug-likeness (QED) is 0.158. The van der Waals surface area contributed by atoms with Gasteiger partial charge in [0.2, 0.25) is 5.95 Å². The third kappa shape index (κ3) is 5.34. The molecule has 0 bridgehead atoms. The van der Waals surface area contributed by atoms with Crippen LogP contribution in [0.2, 0.25) is 0 Å². The molecule has 58 heavy (non-hydrogen) atoms. The average Bonchev–Trinajstić information content (AvgIpc) is 3.85. The van der Waals surface area contributed by atoms with Gasteiger partial charge < -0.3 is 0 Å². The molecular weight excluding hydrogens is 723 g/mol. The lowest BCUT2D eigenvalue weighted by atomic mass is 9.96. The zero-order chi connectivity index (χ0) is 38.2. The maximum atomic E-state index is 5.42. The van der Waals surface area contributed by atoms with E-state index in [1.807, 2.05) is 11.3 Å². The topological polar surface area (TPSA) is 30.7 Å². The van der Waals surface area contributed by atoms with Gasteiger partial charge in [0.25, 0.3) is 0 Å².